The molecule has 0 aliphatic rings. The molecule has 2 nitrogen and oxygen atoms in total. The number of hydrogen-bond acceptors (Lipinski definition) is 2. The van der Waals surface area contributed by atoms with Gasteiger partial charge in [-0.25, -0.2) is 0 Å². The third kappa shape index (κ3) is 5.30. The van der Waals surface area contributed by atoms with Crippen LogP contribution in [0.1, 0.15) is 40.0 Å². The third-order valence-electron chi connectivity index (χ3n) is 2.22. The van der Waals surface area contributed by atoms with Gasteiger partial charge in [0.05, 0.1) is 5.60 Å². The molecule has 2 heteroatoms. The highest BCUT2D eigenvalue weighted by molar-refractivity contribution is 5.52. The molecule has 0 aromatic carbocycles. The van der Waals surface area contributed by atoms with Crippen molar-refractivity contribution in [3.8, 4) is 0 Å². The van der Waals surface area contributed by atoms with Gasteiger partial charge in [-0.15, -0.1) is 0 Å². The van der Waals surface area contributed by atoms with Crippen LogP contribution in [-0.2, 0) is 9.53 Å². The normalized spacial score (nSPS) is 14.3. The maximum atomic E-state index is 10.3. The Morgan fingerprint density at radius 1 is 1.50 bits per heavy atom. The second-order valence-corrected chi connectivity index (χ2v) is 3.97. The van der Waals surface area contributed by atoms with Gasteiger partial charge in [-0.2, -0.15) is 0 Å². The van der Waals surface area contributed by atoms with E-state index >= 15 is 0 Å². The van der Waals surface area contributed by atoms with Gasteiger partial charge in [0, 0.05) is 13.0 Å². The molecule has 0 heterocycles. The zero-order chi connectivity index (χ0) is 9.61. The molecule has 0 aromatic heterocycles. The summed E-state index contributed by atoms with van der Waals surface area (Å²) in [6, 6.07) is 0. The Balaban J connectivity index is 3.49. The van der Waals surface area contributed by atoms with Gasteiger partial charge in [-0.05, 0) is 33.1 Å². The van der Waals surface area contributed by atoms with Gasteiger partial charge in [0.2, 0.25) is 0 Å². The van der Waals surface area contributed by atoms with Crippen molar-refractivity contribution >= 4 is 6.29 Å². The second-order valence-electron chi connectivity index (χ2n) is 3.97. The van der Waals surface area contributed by atoms with E-state index in [0.29, 0.717) is 0 Å². The van der Waals surface area contributed by atoms with Gasteiger partial charge < -0.3 is 9.53 Å². The summed E-state index contributed by atoms with van der Waals surface area (Å²) in [7, 11) is 1.73. The molecule has 0 saturated carbocycles. The van der Waals surface area contributed by atoms with E-state index in [1.165, 1.54) is 0 Å². The summed E-state index contributed by atoms with van der Waals surface area (Å²) in [5.41, 5.74) is -0.0391. The Hall–Kier alpha value is -0.370. The number of carbonyl (C=O) groups is 1. The lowest BCUT2D eigenvalue weighted by Gasteiger charge is -2.22. The number of hydrogen-bond donors (Lipinski definition) is 0. The van der Waals surface area contributed by atoms with E-state index in [1.807, 2.05) is 6.92 Å². The summed E-state index contributed by atoms with van der Waals surface area (Å²) < 4.78 is 5.26. The number of rotatable bonds is 6. The van der Waals surface area contributed by atoms with Crippen LogP contribution >= 0.6 is 0 Å². The van der Waals surface area contributed by atoms with Gasteiger partial charge in [0.15, 0.2) is 0 Å². The quantitative estimate of drug-likeness (QED) is 0.575. The van der Waals surface area contributed by atoms with Crippen LogP contribution in [0, 0.1) is 5.92 Å². The van der Waals surface area contributed by atoms with Crippen molar-refractivity contribution in [1.82, 2.24) is 0 Å². The topological polar surface area (TPSA) is 26.3 Å². The Labute approximate surface area is 75.3 Å². The number of aldehydes is 1. The first-order chi connectivity index (χ1) is 5.52. The zero-order valence-electron chi connectivity index (χ0n) is 8.59. The molecule has 0 rings (SSSR count). The standard InChI is InChI=1S/C10H20O2/c1-9(8-11)6-5-7-10(2,3)12-4/h8-9H,5-7H2,1-4H3. The number of methoxy groups -OCH3 is 1. The molecule has 1 atom stereocenters. The third-order valence-corrected chi connectivity index (χ3v) is 2.22. The lowest BCUT2D eigenvalue weighted by atomic mass is 9.97. The van der Waals surface area contributed by atoms with Crippen LogP contribution in [-0.4, -0.2) is 19.0 Å². The predicted molar refractivity (Wildman–Crippen MR) is 50.2 cm³/mol. The van der Waals surface area contributed by atoms with Crippen molar-refractivity contribution in [2.24, 2.45) is 5.92 Å². The predicted octanol–water partition coefficient (Wildman–Crippen LogP) is 2.42. The Morgan fingerprint density at radius 3 is 2.50 bits per heavy atom. The van der Waals surface area contributed by atoms with Crippen LogP contribution in [0.25, 0.3) is 0 Å². The lowest BCUT2D eigenvalue weighted by molar-refractivity contribution is -0.110. The van der Waals surface area contributed by atoms with Crippen LogP contribution in [0.4, 0.5) is 0 Å². The molecule has 72 valence electrons. The summed E-state index contributed by atoms with van der Waals surface area (Å²) in [6.07, 6.45) is 4.05. The highest BCUT2D eigenvalue weighted by Gasteiger charge is 2.15. The molecule has 0 saturated heterocycles. The first-order valence-electron chi connectivity index (χ1n) is 4.52. The minimum absolute atomic E-state index is 0.0391. The maximum Gasteiger partial charge on any atom is 0.122 e. The fraction of sp³-hybridized carbons (Fsp3) is 0.900. The van der Waals surface area contributed by atoms with E-state index in [1.54, 1.807) is 7.11 Å². The number of ether oxygens (including phenoxy) is 1. The van der Waals surface area contributed by atoms with Crippen LogP contribution in [0.2, 0.25) is 0 Å². The van der Waals surface area contributed by atoms with Crippen molar-refractivity contribution in [3.05, 3.63) is 0 Å². The smallest absolute Gasteiger partial charge is 0.122 e. The van der Waals surface area contributed by atoms with E-state index in [2.05, 4.69) is 13.8 Å². The Bertz CT molecular complexity index is 130. The zero-order valence-corrected chi connectivity index (χ0v) is 8.59. The van der Waals surface area contributed by atoms with Crippen molar-refractivity contribution in [2.75, 3.05) is 7.11 Å². The van der Waals surface area contributed by atoms with Crippen molar-refractivity contribution in [1.29, 1.82) is 0 Å². The van der Waals surface area contributed by atoms with E-state index in [-0.39, 0.29) is 11.5 Å². The molecule has 0 spiro atoms. The molecule has 0 aliphatic carbocycles. The minimum Gasteiger partial charge on any atom is -0.379 e. The van der Waals surface area contributed by atoms with E-state index in [0.717, 1.165) is 25.5 Å². The Morgan fingerprint density at radius 2 is 2.08 bits per heavy atom. The molecular weight excluding hydrogens is 152 g/mol. The fourth-order valence-electron chi connectivity index (χ4n) is 1.02. The Kier molecular flexibility index (Phi) is 5.14. The first kappa shape index (κ1) is 11.6. The molecule has 0 aliphatic heterocycles. The lowest BCUT2D eigenvalue weighted by Crippen LogP contribution is -2.22. The summed E-state index contributed by atoms with van der Waals surface area (Å²) in [4.78, 5) is 10.3. The average molecular weight is 172 g/mol. The van der Waals surface area contributed by atoms with E-state index in [9.17, 15) is 4.79 Å². The first-order valence-corrected chi connectivity index (χ1v) is 4.52. The van der Waals surface area contributed by atoms with Gasteiger partial charge in [-0.3, -0.25) is 0 Å². The van der Waals surface area contributed by atoms with Gasteiger partial charge in [0.1, 0.15) is 6.29 Å². The molecule has 0 bridgehead atoms. The monoisotopic (exact) mass is 172 g/mol. The van der Waals surface area contributed by atoms with Crippen LogP contribution in [0.15, 0.2) is 0 Å². The fourth-order valence-corrected chi connectivity index (χ4v) is 1.02. The summed E-state index contributed by atoms with van der Waals surface area (Å²) >= 11 is 0. The van der Waals surface area contributed by atoms with Crippen LogP contribution in [0.3, 0.4) is 0 Å². The van der Waals surface area contributed by atoms with Crippen molar-refractivity contribution in [2.45, 2.75) is 45.6 Å². The largest absolute Gasteiger partial charge is 0.379 e. The van der Waals surface area contributed by atoms with Crippen molar-refractivity contribution in [3.63, 3.8) is 0 Å². The molecule has 0 aromatic rings. The van der Waals surface area contributed by atoms with Gasteiger partial charge in [-0.1, -0.05) is 6.92 Å². The molecule has 0 amide bonds. The molecular formula is C10H20O2. The van der Waals surface area contributed by atoms with Crippen LogP contribution in [0.5, 0.6) is 0 Å². The van der Waals surface area contributed by atoms with E-state index in [4.69, 9.17) is 4.74 Å². The second kappa shape index (κ2) is 5.31. The molecule has 0 radical (unpaired) electrons. The molecule has 0 fully saturated rings. The van der Waals surface area contributed by atoms with E-state index < -0.39 is 0 Å². The maximum absolute atomic E-state index is 10.3. The average Bonchev–Trinajstić information content (AvgIpc) is 2.04. The van der Waals surface area contributed by atoms with Gasteiger partial charge >= 0.3 is 0 Å². The highest BCUT2D eigenvalue weighted by atomic mass is 16.5. The number of carbonyl (C=O) groups excluding carboxylic acids is 1. The molecule has 0 N–H and O–H groups in total. The molecule has 1 unspecified atom stereocenters. The summed E-state index contributed by atoms with van der Waals surface area (Å²) in [5, 5.41) is 0. The SMILES string of the molecule is COC(C)(C)CCCC(C)C=O. The van der Waals surface area contributed by atoms with Crippen LogP contribution < -0.4 is 0 Å². The summed E-state index contributed by atoms with van der Waals surface area (Å²) in [6.45, 7) is 6.09. The highest BCUT2D eigenvalue weighted by Crippen LogP contribution is 2.18. The van der Waals surface area contributed by atoms with Gasteiger partial charge in [0.25, 0.3) is 0 Å². The molecule has 12 heavy (non-hydrogen) atoms. The van der Waals surface area contributed by atoms with Crippen molar-refractivity contribution < 1.29 is 9.53 Å². The summed E-state index contributed by atoms with van der Waals surface area (Å²) in [5.74, 6) is 0.192. The minimum atomic E-state index is -0.0391.